The van der Waals surface area contributed by atoms with Crippen molar-refractivity contribution >= 4 is 32.8 Å². The molecule has 0 aromatic heterocycles. The van der Waals surface area contributed by atoms with Crippen molar-refractivity contribution in [2.24, 2.45) is 3.95 Å². The number of hydrogen-bond acceptors (Lipinski definition) is 1. The number of rotatable bonds is 0. The molecule has 4 heavy (non-hydrogen) atoms. The fourth-order valence-corrected chi connectivity index (χ4v) is 0. The van der Waals surface area contributed by atoms with Gasteiger partial charge in [0.1, 0.15) is 0 Å². The molecule has 0 aliphatic heterocycles. The van der Waals surface area contributed by atoms with Crippen LogP contribution < -0.4 is 3.95 Å². The van der Waals surface area contributed by atoms with Gasteiger partial charge in [-0.15, -0.1) is 0 Å². The van der Waals surface area contributed by atoms with Crippen molar-refractivity contribution in [3.05, 3.63) is 0 Å². The van der Waals surface area contributed by atoms with Crippen LogP contribution in [0.25, 0.3) is 0 Å². The van der Waals surface area contributed by atoms with E-state index in [1.54, 1.807) is 0 Å². The molecule has 28 valence electrons. The van der Waals surface area contributed by atoms with Gasteiger partial charge in [0.05, 0.1) is 0 Å². The number of nitrogens with two attached hydrogens (primary N) is 1. The molecule has 0 saturated heterocycles. The molecule has 0 rings (SSSR count). The van der Waals surface area contributed by atoms with Gasteiger partial charge >= 0.3 is 36.7 Å². The van der Waals surface area contributed by atoms with Crippen molar-refractivity contribution in [3.63, 3.8) is 0 Å². The molecule has 0 heterocycles. The summed E-state index contributed by atoms with van der Waals surface area (Å²) in [6.07, 6.45) is 0. The third kappa shape index (κ3) is 9.61. The Bertz CT molecular complexity index is 10.8. The van der Waals surface area contributed by atoms with E-state index in [2.05, 4.69) is 13.8 Å². The van der Waals surface area contributed by atoms with Crippen molar-refractivity contribution in [1.82, 2.24) is 0 Å². The van der Waals surface area contributed by atoms with Gasteiger partial charge in [-0.2, -0.15) is 0 Å². The van der Waals surface area contributed by atoms with Crippen LogP contribution in [0.3, 0.4) is 0 Å². The molecule has 2 atom stereocenters. The van der Waals surface area contributed by atoms with Gasteiger partial charge in [0.15, 0.2) is 0 Å². The van der Waals surface area contributed by atoms with Crippen molar-refractivity contribution < 1.29 is 0 Å². The molecule has 0 saturated carbocycles. The third-order valence-electron chi connectivity index (χ3n) is 0. The molecule has 1 nitrogen and oxygen atoms in total. The second-order valence-corrected chi connectivity index (χ2v) is 12.7. The van der Waals surface area contributed by atoms with Crippen LogP contribution in [0.4, 0.5) is 0 Å². The first kappa shape index (κ1) is 5.55. The summed E-state index contributed by atoms with van der Waals surface area (Å²) in [5.74, 6) is 0. The average molecular weight is 209 g/mol. The van der Waals surface area contributed by atoms with Crippen LogP contribution in [0.5, 0.6) is 0 Å². The zero-order valence-electron chi connectivity index (χ0n) is 2.11. The monoisotopic (exact) mass is 209 g/mol. The zero-order valence-corrected chi connectivity index (χ0v) is 6.58. The van der Waals surface area contributed by atoms with E-state index >= 15 is 0 Å². The number of halogens is 1. The Hall–Kier alpha value is 1.55. The molecule has 0 aromatic carbocycles. The minimum atomic E-state index is -0.930. The van der Waals surface area contributed by atoms with Crippen LogP contribution >= 0.6 is 32.8 Å². The van der Waals surface area contributed by atoms with E-state index in [9.17, 15) is 0 Å². The van der Waals surface area contributed by atoms with Crippen molar-refractivity contribution in [3.8, 4) is 0 Å². The van der Waals surface area contributed by atoms with Gasteiger partial charge in [-0.3, -0.25) is 0 Å². The molecular formula is H6INP2. The fraction of sp³-hybridized carbons (Fsp3) is 0. The fourth-order valence-electron chi connectivity index (χ4n) is 0. The first-order valence-electron chi connectivity index (χ1n) is 0.655. The summed E-state index contributed by atoms with van der Waals surface area (Å²) in [5, 5.41) is 0. The Balaban J connectivity index is 2.32. The Kier molecular flexibility index (Phi) is 3.84. The molecule has 0 radical (unpaired) electrons. The van der Waals surface area contributed by atoms with E-state index < -0.39 is 19.0 Å². The molecule has 0 spiro atoms. The Labute approximate surface area is 36.9 Å². The van der Waals surface area contributed by atoms with E-state index in [4.69, 9.17) is 3.95 Å². The van der Waals surface area contributed by atoms with Crippen LogP contribution in [0.2, 0.25) is 0 Å². The van der Waals surface area contributed by atoms with Gasteiger partial charge in [-0.1, -0.05) is 0 Å². The Morgan fingerprint density at radius 1 is 1.50 bits per heavy atom. The molecule has 2 N–H and O–H groups in total. The average Bonchev–Trinajstić information content (AvgIpc) is 0.811. The van der Waals surface area contributed by atoms with Gasteiger partial charge in [0.25, 0.3) is 0 Å². The molecule has 2 unspecified atom stereocenters. The van der Waals surface area contributed by atoms with Crippen molar-refractivity contribution in [1.29, 1.82) is 0 Å². The molecule has 0 bridgehead atoms. The Morgan fingerprint density at radius 2 is 1.50 bits per heavy atom. The molecule has 0 amide bonds. The molecular weight excluding hydrogens is 203 g/mol. The maximum atomic E-state index is 5.19. The maximum absolute atomic E-state index is 5.19. The van der Waals surface area contributed by atoms with Crippen LogP contribution in [0.15, 0.2) is 0 Å². The first-order valence-corrected chi connectivity index (χ1v) is 10.2. The summed E-state index contributed by atoms with van der Waals surface area (Å²) >= 11 is -0.930. The summed E-state index contributed by atoms with van der Waals surface area (Å²) in [5.41, 5.74) is 0. The topological polar surface area (TPSA) is 26.0 Å². The molecule has 0 aromatic rings. The van der Waals surface area contributed by atoms with Gasteiger partial charge < -0.3 is 0 Å². The van der Waals surface area contributed by atoms with E-state index in [1.165, 1.54) is 0 Å². The molecule has 0 aliphatic rings. The van der Waals surface area contributed by atoms with Gasteiger partial charge in [0, 0.05) is 0 Å². The zero-order chi connectivity index (χ0) is 3.58. The predicted octanol–water partition coefficient (Wildman–Crippen LogP) is 0.947. The van der Waals surface area contributed by atoms with Crippen LogP contribution in [0, 0.1) is 0 Å². The minimum absolute atomic E-state index is 0.930. The summed E-state index contributed by atoms with van der Waals surface area (Å²) < 4.78 is 5.19. The quantitative estimate of drug-likeness (QED) is 0.358. The van der Waals surface area contributed by atoms with E-state index in [-0.39, 0.29) is 0 Å². The molecule has 4 heteroatoms. The first-order chi connectivity index (χ1) is 1.73. The van der Waals surface area contributed by atoms with Crippen LogP contribution in [-0.2, 0) is 0 Å². The van der Waals surface area contributed by atoms with Gasteiger partial charge in [-0.25, -0.2) is 0 Å². The Morgan fingerprint density at radius 3 is 1.50 bits per heavy atom. The third-order valence-corrected chi connectivity index (χ3v) is 0. The van der Waals surface area contributed by atoms with Gasteiger partial charge in [-0.05, 0) is 0 Å². The SMILES string of the molecule is NI(P)P. The summed E-state index contributed by atoms with van der Waals surface area (Å²) in [6.45, 7) is 5.11. The van der Waals surface area contributed by atoms with Crippen LogP contribution in [0.1, 0.15) is 0 Å². The summed E-state index contributed by atoms with van der Waals surface area (Å²) in [4.78, 5) is 0. The predicted molar refractivity (Wildman–Crippen MR) is 37.6 cm³/mol. The molecule has 0 aliphatic carbocycles. The van der Waals surface area contributed by atoms with E-state index in [0.717, 1.165) is 0 Å². The van der Waals surface area contributed by atoms with Crippen molar-refractivity contribution in [2.45, 2.75) is 0 Å². The van der Waals surface area contributed by atoms with E-state index in [0.29, 0.717) is 0 Å². The standard InChI is InChI=1S/H6INP2/c2-1(3)4/h2-4H2. The summed E-state index contributed by atoms with van der Waals surface area (Å²) in [6, 6.07) is 0. The second-order valence-electron chi connectivity index (χ2n) is 0.378. The van der Waals surface area contributed by atoms with Crippen molar-refractivity contribution in [2.75, 3.05) is 0 Å². The van der Waals surface area contributed by atoms with Crippen LogP contribution in [-0.4, -0.2) is 0 Å². The summed E-state index contributed by atoms with van der Waals surface area (Å²) in [7, 11) is 0. The van der Waals surface area contributed by atoms with Gasteiger partial charge in [0.2, 0.25) is 0 Å². The number of hydrogen-bond donors (Lipinski definition) is 1. The normalized spacial score (nSPS) is 11.2. The van der Waals surface area contributed by atoms with E-state index in [1.807, 2.05) is 0 Å². The molecule has 0 fully saturated rings. The second kappa shape index (κ2) is 2.77.